The fraction of sp³-hybridized carbons (Fsp3) is 0.412. The van der Waals surface area contributed by atoms with Crippen molar-refractivity contribution < 1.29 is 9.53 Å². The molecule has 0 fully saturated rings. The monoisotopic (exact) mass is 331 g/mol. The molecule has 2 heterocycles. The van der Waals surface area contributed by atoms with Crippen LogP contribution in [0.4, 0.5) is 5.69 Å². The van der Waals surface area contributed by atoms with Gasteiger partial charge in [0.1, 0.15) is 17.2 Å². The zero-order valence-corrected chi connectivity index (χ0v) is 14.7. The van der Waals surface area contributed by atoms with Crippen molar-refractivity contribution in [1.82, 2.24) is 9.88 Å². The highest BCUT2D eigenvalue weighted by Gasteiger charge is 2.24. The normalized spacial score (nSPS) is 14.0. The minimum atomic E-state index is 0.0415. The van der Waals surface area contributed by atoms with Crippen LogP contribution in [0.15, 0.2) is 18.2 Å². The van der Waals surface area contributed by atoms with Crippen LogP contribution < -0.4 is 9.64 Å². The van der Waals surface area contributed by atoms with E-state index in [1.807, 2.05) is 49.9 Å². The Morgan fingerprint density at radius 1 is 1.35 bits per heavy atom. The Morgan fingerprint density at radius 2 is 2.13 bits per heavy atom. The van der Waals surface area contributed by atoms with Gasteiger partial charge in [0.05, 0.1) is 17.2 Å². The Bertz CT molecular complexity index is 739. The van der Waals surface area contributed by atoms with E-state index in [-0.39, 0.29) is 5.91 Å². The predicted octanol–water partition coefficient (Wildman–Crippen LogP) is 2.86. The molecule has 0 radical (unpaired) electrons. The van der Waals surface area contributed by atoms with Crippen LogP contribution in [0.5, 0.6) is 5.75 Å². The van der Waals surface area contributed by atoms with E-state index in [1.165, 1.54) is 11.3 Å². The number of hydrogen-bond donors (Lipinski definition) is 0. The van der Waals surface area contributed by atoms with Crippen molar-refractivity contribution in [3.63, 3.8) is 0 Å². The lowest BCUT2D eigenvalue weighted by molar-refractivity contribution is 0.0737. The van der Waals surface area contributed by atoms with Crippen LogP contribution in [0.2, 0.25) is 0 Å². The molecule has 0 bridgehead atoms. The zero-order valence-electron chi connectivity index (χ0n) is 13.9. The molecule has 1 aliphatic heterocycles. The summed E-state index contributed by atoms with van der Waals surface area (Å²) in [6, 6.07) is 6.11. The molecule has 0 atom stereocenters. The number of rotatable bonds is 2. The summed E-state index contributed by atoms with van der Waals surface area (Å²) in [5.74, 6) is 0.905. The molecule has 2 aromatic rings. The molecule has 0 N–H and O–H groups in total. The first kappa shape index (κ1) is 15.8. The molecule has 0 aliphatic carbocycles. The third-order valence-corrected chi connectivity index (χ3v) is 4.99. The number of thiazole rings is 1. The largest absolute Gasteiger partial charge is 0.491 e. The van der Waals surface area contributed by atoms with Crippen molar-refractivity contribution in [1.29, 1.82) is 0 Å². The molecule has 122 valence electrons. The highest BCUT2D eigenvalue weighted by Crippen LogP contribution is 2.29. The topological polar surface area (TPSA) is 45.7 Å². The van der Waals surface area contributed by atoms with E-state index in [9.17, 15) is 4.79 Å². The lowest BCUT2D eigenvalue weighted by atomic mass is 10.1. The van der Waals surface area contributed by atoms with Gasteiger partial charge in [0, 0.05) is 31.9 Å². The van der Waals surface area contributed by atoms with E-state index in [4.69, 9.17) is 4.74 Å². The second kappa shape index (κ2) is 6.20. The maximum Gasteiger partial charge on any atom is 0.266 e. The fourth-order valence-corrected chi connectivity index (χ4v) is 3.59. The molecule has 6 heteroatoms. The summed E-state index contributed by atoms with van der Waals surface area (Å²) in [6.45, 7) is 5.48. The van der Waals surface area contributed by atoms with E-state index in [2.05, 4.69) is 11.1 Å². The Hall–Kier alpha value is -2.08. The maximum atomic E-state index is 12.8. The summed E-state index contributed by atoms with van der Waals surface area (Å²) in [4.78, 5) is 21.8. The van der Waals surface area contributed by atoms with Gasteiger partial charge in [-0.3, -0.25) is 4.79 Å². The number of hydrogen-bond acceptors (Lipinski definition) is 5. The third-order valence-electron chi connectivity index (χ3n) is 3.93. The number of carbonyl (C=O) groups is 1. The molecule has 1 aromatic carbocycles. The summed E-state index contributed by atoms with van der Waals surface area (Å²) in [5.41, 5.74) is 2.96. The van der Waals surface area contributed by atoms with Gasteiger partial charge < -0.3 is 14.5 Å². The lowest BCUT2D eigenvalue weighted by Crippen LogP contribution is -2.32. The number of nitrogens with zero attached hydrogens (tertiary/aromatic N) is 3. The number of aromatic nitrogens is 1. The minimum absolute atomic E-state index is 0.0415. The Balaban J connectivity index is 1.89. The molecule has 0 spiro atoms. The summed E-state index contributed by atoms with van der Waals surface area (Å²) in [7, 11) is 4.01. The number of aryl methyl sites for hydroxylation is 2. The van der Waals surface area contributed by atoms with Crippen LogP contribution >= 0.6 is 11.3 Å². The molecule has 0 saturated heterocycles. The maximum absolute atomic E-state index is 12.8. The lowest BCUT2D eigenvalue weighted by Gasteiger charge is -2.20. The SMILES string of the molecule is Cc1nc(C)c(C(=O)N2CCOc3ccc(N(C)C)cc3C2)s1. The van der Waals surface area contributed by atoms with Crippen molar-refractivity contribution in [2.24, 2.45) is 0 Å². The van der Waals surface area contributed by atoms with Crippen LogP contribution in [0.25, 0.3) is 0 Å². The van der Waals surface area contributed by atoms with Crippen LogP contribution in [0.3, 0.4) is 0 Å². The van der Waals surface area contributed by atoms with Gasteiger partial charge in [-0.2, -0.15) is 0 Å². The van der Waals surface area contributed by atoms with Crippen molar-refractivity contribution in [2.75, 3.05) is 32.1 Å². The van der Waals surface area contributed by atoms with Gasteiger partial charge in [0.2, 0.25) is 0 Å². The van der Waals surface area contributed by atoms with Crippen molar-refractivity contribution in [2.45, 2.75) is 20.4 Å². The molecule has 0 saturated carbocycles. The number of ether oxygens (including phenoxy) is 1. The Morgan fingerprint density at radius 3 is 2.78 bits per heavy atom. The van der Waals surface area contributed by atoms with E-state index < -0.39 is 0 Å². The van der Waals surface area contributed by atoms with Crippen molar-refractivity contribution >= 4 is 22.9 Å². The van der Waals surface area contributed by atoms with E-state index in [0.717, 1.165) is 32.6 Å². The van der Waals surface area contributed by atoms with Crippen LogP contribution in [0.1, 0.15) is 25.9 Å². The summed E-state index contributed by atoms with van der Waals surface area (Å²) < 4.78 is 5.81. The second-order valence-electron chi connectivity index (χ2n) is 5.91. The molecular formula is C17H21N3O2S. The molecule has 5 nitrogen and oxygen atoms in total. The minimum Gasteiger partial charge on any atom is -0.491 e. The number of carbonyl (C=O) groups excluding carboxylic acids is 1. The molecular weight excluding hydrogens is 310 g/mol. The standard InChI is InChI=1S/C17H21N3O2S/c1-11-16(23-12(2)18-11)17(21)20-7-8-22-15-6-5-14(19(3)4)9-13(15)10-20/h5-6,9H,7-8,10H2,1-4H3. The average Bonchev–Trinajstić information content (AvgIpc) is 2.73. The smallest absolute Gasteiger partial charge is 0.266 e. The summed E-state index contributed by atoms with van der Waals surface area (Å²) in [5, 5.41) is 0.923. The highest BCUT2D eigenvalue weighted by molar-refractivity contribution is 7.13. The number of amides is 1. The van der Waals surface area contributed by atoms with Crippen LogP contribution in [-0.4, -0.2) is 43.0 Å². The van der Waals surface area contributed by atoms with E-state index in [0.29, 0.717) is 19.7 Å². The predicted molar refractivity (Wildman–Crippen MR) is 92.6 cm³/mol. The highest BCUT2D eigenvalue weighted by atomic mass is 32.1. The zero-order chi connectivity index (χ0) is 16.6. The quantitative estimate of drug-likeness (QED) is 0.849. The molecule has 1 amide bonds. The molecule has 1 aromatic heterocycles. The van der Waals surface area contributed by atoms with Gasteiger partial charge in [-0.15, -0.1) is 11.3 Å². The van der Waals surface area contributed by atoms with Gasteiger partial charge >= 0.3 is 0 Å². The van der Waals surface area contributed by atoms with Crippen LogP contribution in [-0.2, 0) is 6.54 Å². The van der Waals surface area contributed by atoms with Gasteiger partial charge in [-0.1, -0.05) is 0 Å². The van der Waals surface area contributed by atoms with Crippen molar-refractivity contribution in [3.8, 4) is 5.75 Å². The van der Waals surface area contributed by atoms with Gasteiger partial charge in [-0.05, 0) is 32.0 Å². The van der Waals surface area contributed by atoms with E-state index >= 15 is 0 Å². The Kier molecular flexibility index (Phi) is 4.26. The Labute approximate surface area is 140 Å². The first-order valence-electron chi connectivity index (χ1n) is 7.62. The molecule has 1 aliphatic rings. The molecule has 3 rings (SSSR count). The fourth-order valence-electron chi connectivity index (χ4n) is 2.71. The summed E-state index contributed by atoms with van der Waals surface area (Å²) >= 11 is 1.46. The first-order chi connectivity index (χ1) is 11.0. The average molecular weight is 331 g/mol. The van der Waals surface area contributed by atoms with Gasteiger partial charge in [0.25, 0.3) is 5.91 Å². The third kappa shape index (κ3) is 3.17. The second-order valence-corrected chi connectivity index (χ2v) is 7.11. The number of fused-ring (bicyclic) bond motifs is 1. The van der Waals surface area contributed by atoms with Gasteiger partial charge in [0.15, 0.2) is 0 Å². The molecule has 23 heavy (non-hydrogen) atoms. The van der Waals surface area contributed by atoms with Crippen LogP contribution in [0, 0.1) is 13.8 Å². The first-order valence-corrected chi connectivity index (χ1v) is 8.43. The van der Waals surface area contributed by atoms with Crippen molar-refractivity contribution in [3.05, 3.63) is 39.3 Å². The summed E-state index contributed by atoms with van der Waals surface area (Å²) in [6.07, 6.45) is 0. The number of anilines is 1. The van der Waals surface area contributed by atoms with Gasteiger partial charge in [-0.25, -0.2) is 4.98 Å². The number of benzene rings is 1. The molecule has 0 unspecified atom stereocenters. The van der Waals surface area contributed by atoms with E-state index in [1.54, 1.807) is 0 Å².